The van der Waals surface area contributed by atoms with Crippen LogP contribution in [0.2, 0.25) is 0 Å². The molecular weight excluding hydrogens is 308 g/mol. The smallest absolute Gasteiger partial charge is 0.0175 e. The van der Waals surface area contributed by atoms with E-state index >= 15 is 0 Å². The molecule has 0 spiro atoms. The van der Waals surface area contributed by atoms with Crippen molar-refractivity contribution in [1.82, 2.24) is 0 Å². The maximum Gasteiger partial charge on any atom is 0.0175 e. The van der Waals surface area contributed by atoms with Crippen molar-refractivity contribution < 1.29 is 0 Å². The van der Waals surface area contributed by atoms with Gasteiger partial charge in [0.05, 0.1) is 0 Å². The third-order valence-electron chi connectivity index (χ3n) is 3.38. The van der Waals surface area contributed by atoms with E-state index < -0.39 is 0 Å². The fraction of sp³-hybridized carbons (Fsp3) is 0.0526. The van der Waals surface area contributed by atoms with Crippen molar-refractivity contribution in [3.63, 3.8) is 0 Å². The van der Waals surface area contributed by atoms with Gasteiger partial charge in [-0.25, -0.2) is 0 Å². The summed E-state index contributed by atoms with van der Waals surface area (Å²) in [5.41, 5.74) is 5.20. The van der Waals surface area contributed by atoms with Crippen molar-refractivity contribution in [2.75, 3.05) is 0 Å². The molecule has 0 aliphatic rings. The third kappa shape index (κ3) is 3.17. The molecule has 3 aromatic carbocycles. The van der Waals surface area contributed by atoms with Gasteiger partial charge < -0.3 is 0 Å². The second-order valence-corrected chi connectivity index (χ2v) is 5.78. The highest BCUT2D eigenvalue weighted by molar-refractivity contribution is 9.10. The van der Waals surface area contributed by atoms with Gasteiger partial charge in [0, 0.05) is 4.47 Å². The van der Waals surface area contributed by atoms with E-state index in [9.17, 15) is 0 Å². The molecule has 0 bridgehead atoms. The number of halogens is 1. The van der Waals surface area contributed by atoms with Crippen LogP contribution in [0.15, 0.2) is 83.3 Å². The molecule has 3 rings (SSSR count). The van der Waals surface area contributed by atoms with Crippen molar-refractivity contribution in [3.8, 4) is 11.1 Å². The van der Waals surface area contributed by atoms with Crippen LogP contribution in [-0.2, 0) is 6.42 Å². The Hall–Kier alpha value is -1.86. The summed E-state index contributed by atoms with van der Waals surface area (Å²) in [6, 6.07) is 27.8. The largest absolute Gasteiger partial charge is 0.0622 e. The molecule has 0 atom stereocenters. The fourth-order valence-corrected chi connectivity index (χ4v) is 2.55. The summed E-state index contributed by atoms with van der Waals surface area (Å²) in [6.45, 7) is 0. The van der Waals surface area contributed by atoms with E-state index in [1.54, 1.807) is 0 Å². The third-order valence-corrected chi connectivity index (χ3v) is 3.91. The fourth-order valence-electron chi connectivity index (χ4n) is 2.29. The molecule has 1 heteroatoms. The predicted octanol–water partition coefficient (Wildman–Crippen LogP) is 5.71. The highest BCUT2D eigenvalue weighted by Gasteiger charge is 1.99. The standard InChI is InChI=1S/C19H15Br/c20-19-12-10-18(11-13-19)17-8-6-16(7-9-17)14-15-4-2-1-3-5-15/h1-13H,14H2. The van der Waals surface area contributed by atoms with Crippen LogP contribution in [0.5, 0.6) is 0 Å². The van der Waals surface area contributed by atoms with Crippen LogP contribution in [0.25, 0.3) is 11.1 Å². The molecule has 0 amide bonds. The topological polar surface area (TPSA) is 0 Å². The Bertz CT molecular complexity index is 667. The second kappa shape index (κ2) is 6.06. The minimum Gasteiger partial charge on any atom is -0.0622 e. The second-order valence-electron chi connectivity index (χ2n) is 4.87. The summed E-state index contributed by atoms with van der Waals surface area (Å²) in [4.78, 5) is 0. The van der Waals surface area contributed by atoms with Gasteiger partial charge in [-0.2, -0.15) is 0 Å². The minimum absolute atomic E-state index is 0.988. The van der Waals surface area contributed by atoms with Crippen molar-refractivity contribution in [3.05, 3.63) is 94.5 Å². The van der Waals surface area contributed by atoms with Crippen LogP contribution in [0.3, 0.4) is 0 Å². The lowest BCUT2D eigenvalue weighted by Gasteiger charge is -2.05. The Morgan fingerprint density at radius 3 is 1.65 bits per heavy atom. The van der Waals surface area contributed by atoms with Crippen LogP contribution < -0.4 is 0 Å². The molecule has 0 radical (unpaired) electrons. The van der Waals surface area contributed by atoms with Crippen molar-refractivity contribution >= 4 is 15.9 Å². The molecule has 20 heavy (non-hydrogen) atoms. The average Bonchev–Trinajstić information content (AvgIpc) is 2.50. The van der Waals surface area contributed by atoms with Crippen molar-refractivity contribution in [2.45, 2.75) is 6.42 Å². The minimum atomic E-state index is 0.988. The molecule has 0 fully saturated rings. The van der Waals surface area contributed by atoms with Crippen LogP contribution in [0.4, 0.5) is 0 Å². The summed E-state index contributed by atoms with van der Waals surface area (Å²) in [7, 11) is 0. The van der Waals surface area contributed by atoms with Gasteiger partial charge in [0.2, 0.25) is 0 Å². The Morgan fingerprint density at radius 2 is 1.05 bits per heavy atom. The average molecular weight is 323 g/mol. The first-order valence-corrected chi connectivity index (χ1v) is 7.49. The zero-order chi connectivity index (χ0) is 13.8. The molecular formula is C19H15Br. The van der Waals surface area contributed by atoms with E-state index in [1.807, 2.05) is 0 Å². The highest BCUT2D eigenvalue weighted by atomic mass is 79.9. The maximum absolute atomic E-state index is 3.47. The lowest BCUT2D eigenvalue weighted by Crippen LogP contribution is -1.87. The normalized spacial score (nSPS) is 10.4. The van der Waals surface area contributed by atoms with Gasteiger partial charge in [0.25, 0.3) is 0 Å². The van der Waals surface area contributed by atoms with Gasteiger partial charge in [-0.05, 0) is 40.8 Å². The van der Waals surface area contributed by atoms with Crippen molar-refractivity contribution in [1.29, 1.82) is 0 Å². The lowest BCUT2D eigenvalue weighted by molar-refractivity contribution is 1.19. The van der Waals surface area contributed by atoms with Crippen LogP contribution >= 0.6 is 15.9 Å². The summed E-state index contributed by atoms with van der Waals surface area (Å²) >= 11 is 3.47. The summed E-state index contributed by atoms with van der Waals surface area (Å²) < 4.78 is 1.11. The van der Waals surface area contributed by atoms with E-state index in [-0.39, 0.29) is 0 Å². The van der Waals surface area contributed by atoms with Crippen molar-refractivity contribution in [2.24, 2.45) is 0 Å². The van der Waals surface area contributed by atoms with Crippen LogP contribution in [-0.4, -0.2) is 0 Å². The number of benzene rings is 3. The summed E-state index contributed by atoms with van der Waals surface area (Å²) in [5.74, 6) is 0. The van der Waals surface area contributed by atoms with Gasteiger partial charge >= 0.3 is 0 Å². The van der Waals surface area contributed by atoms with Crippen LogP contribution in [0.1, 0.15) is 11.1 Å². The molecule has 0 aliphatic heterocycles. The van der Waals surface area contributed by atoms with E-state index in [0.29, 0.717) is 0 Å². The molecule has 98 valence electrons. The summed E-state index contributed by atoms with van der Waals surface area (Å²) in [6.07, 6.45) is 0.988. The number of rotatable bonds is 3. The monoisotopic (exact) mass is 322 g/mol. The maximum atomic E-state index is 3.47. The van der Waals surface area contributed by atoms with Gasteiger partial charge in [-0.3, -0.25) is 0 Å². The molecule has 0 saturated carbocycles. The van der Waals surface area contributed by atoms with Gasteiger partial charge in [0.15, 0.2) is 0 Å². The Kier molecular flexibility index (Phi) is 3.98. The molecule has 0 aliphatic carbocycles. The van der Waals surface area contributed by atoms with Gasteiger partial charge in [0.1, 0.15) is 0 Å². The Morgan fingerprint density at radius 1 is 0.550 bits per heavy atom. The lowest BCUT2D eigenvalue weighted by atomic mass is 10.0. The molecule has 0 aromatic heterocycles. The van der Waals surface area contributed by atoms with E-state index in [0.717, 1.165) is 10.9 Å². The molecule has 0 heterocycles. The molecule has 0 N–H and O–H groups in total. The Balaban J connectivity index is 1.79. The first kappa shape index (κ1) is 13.1. The first-order chi connectivity index (χ1) is 9.81. The van der Waals surface area contributed by atoms with Gasteiger partial charge in [-0.15, -0.1) is 0 Å². The summed E-state index contributed by atoms with van der Waals surface area (Å²) in [5, 5.41) is 0. The van der Waals surface area contributed by atoms with Gasteiger partial charge in [-0.1, -0.05) is 82.7 Å². The number of hydrogen-bond acceptors (Lipinski definition) is 0. The molecule has 0 unspecified atom stereocenters. The Labute approximate surface area is 128 Å². The molecule has 3 aromatic rings. The van der Waals surface area contributed by atoms with Crippen LogP contribution in [0, 0.1) is 0 Å². The van der Waals surface area contributed by atoms with E-state index in [4.69, 9.17) is 0 Å². The number of hydrogen-bond donors (Lipinski definition) is 0. The quantitative estimate of drug-likeness (QED) is 0.579. The first-order valence-electron chi connectivity index (χ1n) is 6.70. The van der Waals surface area contributed by atoms with E-state index in [2.05, 4.69) is 94.8 Å². The zero-order valence-corrected chi connectivity index (χ0v) is 12.7. The zero-order valence-electron chi connectivity index (χ0n) is 11.1. The molecule has 0 saturated heterocycles. The van der Waals surface area contributed by atoms with E-state index in [1.165, 1.54) is 22.3 Å². The molecule has 0 nitrogen and oxygen atoms in total. The predicted molar refractivity (Wildman–Crippen MR) is 88.8 cm³/mol. The SMILES string of the molecule is Brc1ccc(-c2ccc(Cc3ccccc3)cc2)cc1. The highest BCUT2D eigenvalue weighted by Crippen LogP contribution is 2.22.